The Kier molecular flexibility index (Phi) is 9.23. The minimum Gasteiger partial charge on any atom is -0.466 e. The molecular formula is C28H27F2NO4. The third kappa shape index (κ3) is 8.45. The van der Waals surface area contributed by atoms with Gasteiger partial charge >= 0.3 is 5.97 Å². The fourth-order valence-electron chi connectivity index (χ4n) is 3.74. The molecule has 3 rings (SSSR count). The minimum atomic E-state index is -0.844. The van der Waals surface area contributed by atoms with E-state index in [-0.39, 0.29) is 42.5 Å². The Bertz CT molecular complexity index is 1130. The van der Waals surface area contributed by atoms with Crippen LogP contribution in [0.1, 0.15) is 34.8 Å². The molecule has 7 heteroatoms. The molecule has 0 saturated heterocycles. The lowest BCUT2D eigenvalue weighted by Gasteiger charge is -2.22. The number of halogens is 2. The third-order valence-electron chi connectivity index (χ3n) is 5.53. The number of hydrogen-bond donors (Lipinski definition) is 1. The van der Waals surface area contributed by atoms with Crippen molar-refractivity contribution in [3.63, 3.8) is 0 Å². The summed E-state index contributed by atoms with van der Waals surface area (Å²) in [6, 6.07) is 19.4. The molecule has 1 N–H and O–H groups in total. The van der Waals surface area contributed by atoms with Crippen molar-refractivity contribution in [1.82, 2.24) is 5.32 Å². The van der Waals surface area contributed by atoms with E-state index in [1.165, 1.54) is 43.3 Å². The Labute approximate surface area is 203 Å². The summed E-state index contributed by atoms with van der Waals surface area (Å²) in [6.07, 6.45) is 0.693. The fraction of sp³-hybridized carbons (Fsp3) is 0.250. The highest BCUT2D eigenvalue weighted by Gasteiger charge is 2.26. The van der Waals surface area contributed by atoms with Gasteiger partial charge in [0.2, 0.25) is 0 Å². The average Bonchev–Trinajstić information content (AvgIpc) is 2.84. The molecule has 2 atom stereocenters. The maximum absolute atomic E-state index is 13.4. The predicted molar refractivity (Wildman–Crippen MR) is 128 cm³/mol. The van der Waals surface area contributed by atoms with Gasteiger partial charge in [0.25, 0.3) is 5.91 Å². The van der Waals surface area contributed by atoms with Crippen LogP contribution in [0.5, 0.6) is 0 Å². The Morgan fingerprint density at radius 2 is 1.37 bits per heavy atom. The second-order valence-corrected chi connectivity index (χ2v) is 8.39. The molecule has 1 amide bonds. The van der Waals surface area contributed by atoms with Crippen molar-refractivity contribution >= 4 is 17.7 Å². The summed E-state index contributed by atoms with van der Waals surface area (Å²) in [4.78, 5) is 37.6. The number of carbonyl (C=O) groups is 3. The molecule has 0 heterocycles. The quantitative estimate of drug-likeness (QED) is 0.405. The van der Waals surface area contributed by atoms with Gasteiger partial charge in [-0.3, -0.25) is 14.4 Å². The van der Waals surface area contributed by atoms with Crippen molar-refractivity contribution in [3.8, 4) is 0 Å². The Morgan fingerprint density at radius 1 is 0.800 bits per heavy atom. The molecule has 0 aliphatic carbocycles. The monoisotopic (exact) mass is 479 g/mol. The van der Waals surface area contributed by atoms with Crippen molar-refractivity contribution < 1.29 is 27.9 Å². The predicted octanol–water partition coefficient (Wildman–Crippen LogP) is 4.69. The van der Waals surface area contributed by atoms with Crippen LogP contribution in [-0.4, -0.2) is 30.3 Å². The largest absolute Gasteiger partial charge is 0.466 e. The van der Waals surface area contributed by atoms with Gasteiger partial charge in [-0.25, -0.2) is 8.78 Å². The van der Waals surface area contributed by atoms with Crippen LogP contribution in [0.3, 0.4) is 0 Å². The van der Waals surface area contributed by atoms with E-state index in [0.29, 0.717) is 6.42 Å². The molecule has 0 saturated carbocycles. The molecule has 0 aromatic heterocycles. The van der Waals surface area contributed by atoms with Gasteiger partial charge in [-0.2, -0.15) is 0 Å². The fourth-order valence-corrected chi connectivity index (χ4v) is 3.74. The Hall–Kier alpha value is -3.87. The topological polar surface area (TPSA) is 72.5 Å². The summed E-state index contributed by atoms with van der Waals surface area (Å²) in [5, 5.41) is 2.77. The van der Waals surface area contributed by atoms with E-state index in [1.54, 1.807) is 12.1 Å². The molecule has 0 bridgehead atoms. The van der Waals surface area contributed by atoms with Gasteiger partial charge in [-0.1, -0.05) is 42.5 Å². The van der Waals surface area contributed by atoms with Gasteiger partial charge in [-0.15, -0.1) is 0 Å². The zero-order valence-electron chi connectivity index (χ0n) is 19.4. The summed E-state index contributed by atoms with van der Waals surface area (Å²) >= 11 is 0. The second-order valence-electron chi connectivity index (χ2n) is 8.39. The van der Waals surface area contributed by atoms with Gasteiger partial charge in [0, 0.05) is 24.8 Å². The molecule has 3 aromatic carbocycles. The second kappa shape index (κ2) is 12.6. The van der Waals surface area contributed by atoms with Crippen LogP contribution >= 0.6 is 0 Å². The van der Waals surface area contributed by atoms with Gasteiger partial charge in [0.15, 0.2) is 5.78 Å². The number of ether oxygens (including phenoxy) is 1. The van der Waals surface area contributed by atoms with E-state index < -0.39 is 23.7 Å². The van der Waals surface area contributed by atoms with Crippen LogP contribution in [0.25, 0.3) is 0 Å². The first kappa shape index (κ1) is 25.7. The van der Waals surface area contributed by atoms with E-state index in [1.807, 2.05) is 30.3 Å². The van der Waals surface area contributed by atoms with Crippen LogP contribution in [0.2, 0.25) is 0 Å². The summed E-state index contributed by atoms with van der Waals surface area (Å²) in [5.41, 5.74) is 1.90. The number of benzene rings is 3. The normalized spacial score (nSPS) is 12.4. The van der Waals surface area contributed by atoms with Crippen molar-refractivity contribution in [2.75, 3.05) is 6.61 Å². The number of hydrogen-bond acceptors (Lipinski definition) is 4. The Balaban J connectivity index is 1.77. The molecule has 0 aliphatic heterocycles. The van der Waals surface area contributed by atoms with Gasteiger partial charge in [0.05, 0.1) is 12.6 Å². The van der Waals surface area contributed by atoms with Gasteiger partial charge in [0.1, 0.15) is 11.6 Å². The molecule has 0 aliphatic rings. The van der Waals surface area contributed by atoms with Crippen LogP contribution in [-0.2, 0) is 27.2 Å². The highest BCUT2D eigenvalue weighted by Crippen LogP contribution is 2.17. The van der Waals surface area contributed by atoms with Crippen molar-refractivity contribution in [3.05, 3.63) is 107 Å². The molecule has 0 unspecified atom stereocenters. The van der Waals surface area contributed by atoms with E-state index >= 15 is 0 Å². The smallest absolute Gasteiger partial charge is 0.302 e. The summed E-state index contributed by atoms with van der Waals surface area (Å²) in [6.45, 7) is 1.31. The molecule has 3 aromatic rings. The SMILES string of the molecule is CC(=O)OC[C@@H](CC(=O)[C@H](Cc1ccccc1)NC(=O)c1ccc(F)cc1)Cc1ccc(F)cc1. The number of Topliss-reactive ketones (excluding diaryl/α,β-unsaturated/α-hetero) is 1. The molecule has 0 radical (unpaired) electrons. The maximum atomic E-state index is 13.4. The molecule has 182 valence electrons. The highest BCUT2D eigenvalue weighted by molar-refractivity contribution is 5.98. The first-order valence-corrected chi connectivity index (χ1v) is 11.3. The lowest BCUT2D eigenvalue weighted by atomic mass is 9.90. The van der Waals surface area contributed by atoms with Crippen LogP contribution in [0, 0.1) is 17.6 Å². The van der Waals surface area contributed by atoms with Crippen LogP contribution < -0.4 is 5.32 Å². The Morgan fingerprint density at radius 3 is 1.97 bits per heavy atom. The summed E-state index contributed by atoms with van der Waals surface area (Å²) in [7, 11) is 0. The van der Waals surface area contributed by atoms with E-state index in [9.17, 15) is 23.2 Å². The van der Waals surface area contributed by atoms with Crippen molar-refractivity contribution in [2.24, 2.45) is 5.92 Å². The van der Waals surface area contributed by atoms with Crippen molar-refractivity contribution in [1.29, 1.82) is 0 Å². The number of carbonyl (C=O) groups excluding carboxylic acids is 3. The van der Waals surface area contributed by atoms with E-state index in [4.69, 9.17) is 4.74 Å². The molecular weight excluding hydrogens is 452 g/mol. The molecule has 5 nitrogen and oxygen atoms in total. The zero-order chi connectivity index (χ0) is 25.2. The average molecular weight is 480 g/mol. The number of esters is 1. The first-order valence-electron chi connectivity index (χ1n) is 11.3. The van der Waals surface area contributed by atoms with E-state index in [0.717, 1.165) is 11.1 Å². The third-order valence-corrected chi connectivity index (χ3v) is 5.53. The summed E-state index contributed by atoms with van der Waals surface area (Å²) in [5.74, 6) is -2.39. The summed E-state index contributed by atoms with van der Waals surface area (Å²) < 4.78 is 31.7. The first-order chi connectivity index (χ1) is 16.8. The standard InChI is InChI=1S/C28H27F2NO4/c1-19(32)35-18-22(15-21-7-11-24(29)12-8-21)17-27(33)26(16-20-5-3-2-4-6-20)31-28(34)23-9-13-25(30)14-10-23/h2-14,22,26H,15-18H2,1H3,(H,31,34)/t22-,26+/m1/s1. The van der Waals surface area contributed by atoms with Crippen molar-refractivity contribution in [2.45, 2.75) is 32.2 Å². The van der Waals surface area contributed by atoms with Crippen LogP contribution in [0.15, 0.2) is 78.9 Å². The van der Waals surface area contributed by atoms with Crippen LogP contribution in [0.4, 0.5) is 8.78 Å². The lowest BCUT2D eigenvalue weighted by Crippen LogP contribution is -2.43. The minimum absolute atomic E-state index is 0.0163. The number of ketones is 1. The number of rotatable bonds is 11. The zero-order valence-corrected chi connectivity index (χ0v) is 19.4. The lowest BCUT2D eigenvalue weighted by molar-refractivity contribution is -0.143. The van der Waals surface area contributed by atoms with Gasteiger partial charge in [-0.05, 0) is 60.4 Å². The van der Waals surface area contributed by atoms with E-state index in [2.05, 4.69) is 5.32 Å². The maximum Gasteiger partial charge on any atom is 0.302 e. The van der Waals surface area contributed by atoms with Gasteiger partial charge < -0.3 is 10.1 Å². The molecule has 0 fully saturated rings. The number of nitrogens with one attached hydrogen (secondary N) is 1. The molecule has 35 heavy (non-hydrogen) atoms. The molecule has 0 spiro atoms. The number of amides is 1. The highest BCUT2D eigenvalue weighted by atomic mass is 19.1.